The normalized spacial score (nSPS) is 22.1. The van der Waals surface area contributed by atoms with Crippen molar-refractivity contribution < 1.29 is 9.59 Å². The van der Waals surface area contributed by atoms with E-state index in [1.54, 1.807) is 30.9 Å². The summed E-state index contributed by atoms with van der Waals surface area (Å²) in [5.74, 6) is 0.740. The highest BCUT2D eigenvalue weighted by Crippen LogP contribution is 2.35. The number of nitrogens with one attached hydrogen (secondary N) is 1. The van der Waals surface area contributed by atoms with E-state index in [1.807, 2.05) is 9.47 Å². The van der Waals surface area contributed by atoms with Gasteiger partial charge < -0.3 is 14.8 Å². The molecule has 0 spiro atoms. The minimum atomic E-state index is -0.265. The van der Waals surface area contributed by atoms with Crippen LogP contribution < -0.4 is 5.32 Å². The fourth-order valence-corrected chi connectivity index (χ4v) is 3.82. The minimum Gasteiger partial charge on any atom is -0.336 e. The number of hydrogen-bond acceptors (Lipinski definition) is 4. The predicted molar refractivity (Wildman–Crippen MR) is 96.3 cm³/mol. The summed E-state index contributed by atoms with van der Waals surface area (Å²) >= 11 is 0. The Hall–Kier alpha value is -2.70. The maximum absolute atomic E-state index is 12.8. The van der Waals surface area contributed by atoms with Crippen LogP contribution in [-0.2, 0) is 17.9 Å². The lowest BCUT2D eigenvalue weighted by Gasteiger charge is -2.35. The number of imidazole rings is 1. The second kappa shape index (κ2) is 6.90. The van der Waals surface area contributed by atoms with Crippen molar-refractivity contribution in [2.24, 2.45) is 11.8 Å². The lowest BCUT2D eigenvalue weighted by Crippen LogP contribution is -2.41. The fourth-order valence-electron chi connectivity index (χ4n) is 3.82. The van der Waals surface area contributed by atoms with Gasteiger partial charge in [0.15, 0.2) is 5.69 Å². The van der Waals surface area contributed by atoms with E-state index in [9.17, 15) is 9.59 Å². The summed E-state index contributed by atoms with van der Waals surface area (Å²) in [6.45, 7) is 4.13. The standard InChI is InChI=1S/C19H23N5O2/c1-13-8-14(9-13)19(26)23-6-3-7-24-12-21-17(16(24)11-23)18(25)22-15-4-2-5-20-10-15/h2,4-5,10,12-14H,3,6-9,11H2,1H3,(H,22,25). The molecule has 1 aliphatic carbocycles. The zero-order chi connectivity index (χ0) is 18.1. The summed E-state index contributed by atoms with van der Waals surface area (Å²) in [5.41, 5.74) is 1.82. The smallest absolute Gasteiger partial charge is 0.276 e. The average molecular weight is 353 g/mol. The first kappa shape index (κ1) is 16.8. The first-order chi connectivity index (χ1) is 12.6. The van der Waals surface area contributed by atoms with Crippen molar-refractivity contribution in [1.29, 1.82) is 0 Å². The van der Waals surface area contributed by atoms with Crippen LogP contribution >= 0.6 is 0 Å². The third-order valence-electron chi connectivity index (χ3n) is 5.28. The van der Waals surface area contributed by atoms with Crippen LogP contribution in [0.4, 0.5) is 5.69 Å². The Bertz CT molecular complexity index is 811. The van der Waals surface area contributed by atoms with Crippen molar-refractivity contribution in [3.05, 3.63) is 42.2 Å². The number of aryl methyl sites for hydroxylation is 1. The number of amides is 2. The minimum absolute atomic E-state index is 0.146. The summed E-state index contributed by atoms with van der Waals surface area (Å²) in [6.07, 6.45) is 7.78. The van der Waals surface area contributed by atoms with Crippen LogP contribution in [0.5, 0.6) is 0 Å². The molecule has 2 amide bonds. The van der Waals surface area contributed by atoms with Crippen molar-refractivity contribution >= 4 is 17.5 Å². The maximum atomic E-state index is 12.8. The predicted octanol–water partition coefficient (Wildman–Crippen LogP) is 2.31. The number of hydrogen-bond donors (Lipinski definition) is 1. The topological polar surface area (TPSA) is 80.1 Å². The Morgan fingerprint density at radius 3 is 2.85 bits per heavy atom. The van der Waals surface area contributed by atoms with Gasteiger partial charge >= 0.3 is 0 Å². The molecular weight excluding hydrogens is 330 g/mol. The van der Waals surface area contributed by atoms with Gasteiger partial charge in [-0.1, -0.05) is 6.92 Å². The summed E-state index contributed by atoms with van der Waals surface area (Å²) in [4.78, 5) is 35.7. The first-order valence-electron chi connectivity index (χ1n) is 9.16. The number of pyridine rings is 1. The van der Waals surface area contributed by atoms with E-state index < -0.39 is 0 Å². The quantitative estimate of drug-likeness (QED) is 0.918. The van der Waals surface area contributed by atoms with E-state index in [0.29, 0.717) is 23.8 Å². The molecule has 0 saturated heterocycles. The third kappa shape index (κ3) is 3.21. The van der Waals surface area contributed by atoms with Crippen molar-refractivity contribution in [1.82, 2.24) is 19.4 Å². The molecule has 1 fully saturated rings. The molecule has 2 aromatic rings. The molecule has 0 radical (unpaired) electrons. The highest BCUT2D eigenvalue weighted by molar-refractivity contribution is 6.03. The van der Waals surface area contributed by atoms with Crippen molar-refractivity contribution in [2.75, 3.05) is 11.9 Å². The molecule has 0 unspecified atom stereocenters. The van der Waals surface area contributed by atoms with Gasteiger partial charge in [0, 0.05) is 25.2 Å². The lowest BCUT2D eigenvalue weighted by atomic mass is 9.75. The third-order valence-corrected chi connectivity index (χ3v) is 5.28. The SMILES string of the molecule is CC1CC(C(=O)N2CCCn3cnc(C(=O)Nc4cccnc4)c3C2)C1. The Labute approximate surface area is 152 Å². The molecule has 1 saturated carbocycles. The van der Waals surface area contributed by atoms with Gasteiger partial charge in [-0.05, 0) is 37.3 Å². The van der Waals surface area contributed by atoms with E-state index in [1.165, 1.54) is 0 Å². The molecular formula is C19H23N5O2. The Kier molecular flexibility index (Phi) is 4.44. The largest absolute Gasteiger partial charge is 0.336 e. The molecule has 0 atom stereocenters. The second-order valence-electron chi connectivity index (χ2n) is 7.32. The monoisotopic (exact) mass is 353 g/mol. The number of anilines is 1. The molecule has 2 aliphatic rings. The van der Waals surface area contributed by atoms with Crippen LogP contribution in [-0.4, -0.2) is 37.8 Å². The van der Waals surface area contributed by atoms with E-state index in [0.717, 1.165) is 38.0 Å². The molecule has 26 heavy (non-hydrogen) atoms. The van der Waals surface area contributed by atoms with Crippen LogP contribution in [0.2, 0.25) is 0 Å². The summed E-state index contributed by atoms with van der Waals surface area (Å²) in [7, 11) is 0. The van der Waals surface area contributed by atoms with Crippen LogP contribution in [0, 0.1) is 11.8 Å². The van der Waals surface area contributed by atoms with Gasteiger partial charge in [-0.3, -0.25) is 14.6 Å². The highest BCUT2D eigenvalue weighted by Gasteiger charge is 2.35. The zero-order valence-electron chi connectivity index (χ0n) is 14.9. The molecule has 7 heteroatoms. The molecule has 2 aromatic heterocycles. The van der Waals surface area contributed by atoms with E-state index in [2.05, 4.69) is 22.2 Å². The molecule has 3 heterocycles. The van der Waals surface area contributed by atoms with Crippen LogP contribution in [0.1, 0.15) is 42.4 Å². The summed E-state index contributed by atoms with van der Waals surface area (Å²) in [6, 6.07) is 3.55. The first-order valence-corrected chi connectivity index (χ1v) is 9.16. The van der Waals surface area contributed by atoms with Crippen molar-refractivity contribution in [3.8, 4) is 0 Å². The van der Waals surface area contributed by atoms with Gasteiger partial charge in [0.05, 0.1) is 30.5 Å². The van der Waals surface area contributed by atoms with Gasteiger partial charge in [-0.2, -0.15) is 0 Å². The Morgan fingerprint density at radius 1 is 1.27 bits per heavy atom. The van der Waals surface area contributed by atoms with Gasteiger partial charge in [0.25, 0.3) is 5.91 Å². The van der Waals surface area contributed by atoms with E-state index in [4.69, 9.17) is 0 Å². The fraction of sp³-hybridized carbons (Fsp3) is 0.474. The molecule has 1 N–H and O–H groups in total. The molecule has 7 nitrogen and oxygen atoms in total. The van der Waals surface area contributed by atoms with Crippen molar-refractivity contribution in [2.45, 2.75) is 39.3 Å². The van der Waals surface area contributed by atoms with Gasteiger partial charge in [0.2, 0.25) is 5.91 Å². The number of nitrogens with zero attached hydrogens (tertiary/aromatic N) is 4. The van der Waals surface area contributed by atoms with Gasteiger partial charge in [0.1, 0.15) is 0 Å². The Balaban J connectivity index is 1.52. The van der Waals surface area contributed by atoms with Gasteiger partial charge in [-0.25, -0.2) is 4.98 Å². The number of carbonyl (C=O) groups is 2. The van der Waals surface area contributed by atoms with E-state index >= 15 is 0 Å². The number of fused-ring (bicyclic) bond motifs is 1. The van der Waals surface area contributed by atoms with Crippen LogP contribution in [0.15, 0.2) is 30.9 Å². The zero-order valence-corrected chi connectivity index (χ0v) is 14.9. The number of rotatable bonds is 3. The summed E-state index contributed by atoms with van der Waals surface area (Å²) in [5, 5.41) is 2.83. The molecule has 4 rings (SSSR count). The van der Waals surface area contributed by atoms with Gasteiger partial charge in [-0.15, -0.1) is 0 Å². The van der Waals surface area contributed by atoms with Crippen molar-refractivity contribution in [3.63, 3.8) is 0 Å². The van der Waals surface area contributed by atoms with Crippen LogP contribution in [0.3, 0.4) is 0 Å². The highest BCUT2D eigenvalue weighted by atomic mass is 16.2. The van der Waals surface area contributed by atoms with Crippen LogP contribution in [0.25, 0.3) is 0 Å². The molecule has 136 valence electrons. The number of carbonyl (C=O) groups excluding carboxylic acids is 2. The Morgan fingerprint density at radius 2 is 2.12 bits per heavy atom. The maximum Gasteiger partial charge on any atom is 0.276 e. The number of aromatic nitrogens is 3. The molecule has 0 aromatic carbocycles. The second-order valence-corrected chi connectivity index (χ2v) is 7.32. The summed E-state index contributed by atoms with van der Waals surface area (Å²) < 4.78 is 1.99. The van der Waals surface area contributed by atoms with E-state index in [-0.39, 0.29) is 17.7 Å². The lowest BCUT2D eigenvalue weighted by molar-refractivity contribution is -0.140. The molecule has 0 bridgehead atoms. The average Bonchev–Trinajstić information content (AvgIpc) is 2.89. The molecule has 1 aliphatic heterocycles.